The minimum Gasteiger partial charge on any atom is -0.455 e. The van der Waals surface area contributed by atoms with E-state index in [1.807, 2.05) is 42.5 Å². The number of hydrogen-bond acceptors (Lipinski definition) is 2. The number of fused-ring (bicyclic) bond motifs is 1. The summed E-state index contributed by atoms with van der Waals surface area (Å²) < 4.78 is 5.67. The highest BCUT2D eigenvalue weighted by Crippen LogP contribution is 2.20. The molecule has 0 saturated heterocycles. The average Bonchev–Trinajstić information content (AvgIpc) is 2.40. The maximum atomic E-state index is 11.9. The van der Waals surface area contributed by atoms with Crippen molar-refractivity contribution in [3.05, 3.63) is 70.9 Å². The second-order valence-electron chi connectivity index (χ2n) is 3.75. The van der Waals surface area contributed by atoms with E-state index in [9.17, 15) is 4.79 Å². The van der Waals surface area contributed by atoms with Gasteiger partial charge in [-0.1, -0.05) is 42.5 Å². The normalized spacial score (nSPS) is 10.6. The lowest BCUT2D eigenvalue weighted by molar-refractivity contribution is 0.618. The predicted octanol–water partition coefficient (Wildman–Crippen LogP) is 3.26. The number of hydrogen-bond donors (Lipinski definition) is 0. The van der Waals surface area contributed by atoms with Crippen molar-refractivity contribution in [1.29, 1.82) is 0 Å². The fourth-order valence-corrected chi connectivity index (χ4v) is 1.77. The zero-order valence-corrected chi connectivity index (χ0v) is 9.01. The Morgan fingerprint density at radius 3 is 2.41 bits per heavy atom. The summed E-state index contributed by atoms with van der Waals surface area (Å²) in [6.45, 7) is 0. The van der Waals surface area contributed by atoms with Crippen LogP contribution in [-0.4, -0.2) is 0 Å². The van der Waals surface area contributed by atoms with Gasteiger partial charge in [-0.2, -0.15) is 0 Å². The summed E-state index contributed by atoms with van der Waals surface area (Å²) >= 11 is 0. The van der Waals surface area contributed by atoms with Crippen molar-refractivity contribution >= 4 is 11.0 Å². The standard InChI is InChI=1S/C15H9O2/c16-13-10-15(11-6-2-1-3-7-11)17-14-9-5-4-8-12(13)14/h1-9H. The van der Waals surface area contributed by atoms with E-state index in [0.29, 0.717) is 16.7 Å². The van der Waals surface area contributed by atoms with Crippen LogP contribution in [0.25, 0.3) is 22.3 Å². The minimum absolute atomic E-state index is 0.134. The molecule has 1 heterocycles. The summed E-state index contributed by atoms with van der Waals surface area (Å²) in [7, 11) is 0. The molecule has 0 unspecified atom stereocenters. The molecule has 2 nitrogen and oxygen atoms in total. The molecule has 0 spiro atoms. The van der Waals surface area contributed by atoms with Crippen LogP contribution in [-0.2, 0) is 0 Å². The van der Waals surface area contributed by atoms with Gasteiger partial charge in [0, 0.05) is 5.56 Å². The van der Waals surface area contributed by atoms with Crippen molar-refractivity contribution < 1.29 is 4.42 Å². The molecule has 0 bridgehead atoms. The third kappa shape index (κ3) is 1.74. The van der Waals surface area contributed by atoms with Crippen molar-refractivity contribution in [3.63, 3.8) is 0 Å². The van der Waals surface area contributed by atoms with Gasteiger partial charge < -0.3 is 4.42 Å². The first-order valence-electron chi connectivity index (χ1n) is 5.35. The largest absolute Gasteiger partial charge is 0.455 e. The molecule has 81 valence electrons. The smallest absolute Gasteiger partial charge is 0.201 e. The lowest BCUT2D eigenvalue weighted by atomic mass is 10.1. The fraction of sp³-hybridized carbons (Fsp3) is 0. The first-order valence-corrected chi connectivity index (χ1v) is 5.35. The number of benzene rings is 2. The molecular weight excluding hydrogens is 212 g/mol. The Balaban J connectivity index is 2.30. The zero-order valence-electron chi connectivity index (χ0n) is 9.01. The van der Waals surface area contributed by atoms with Gasteiger partial charge in [-0.3, -0.25) is 4.79 Å². The molecule has 3 aromatic rings. The van der Waals surface area contributed by atoms with E-state index in [2.05, 4.69) is 6.07 Å². The van der Waals surface area contributed by atoms with E-state index in [0.717, 1.165) is 5.56 Å². The number of para-hydroxylation sites is 1. The molecule has 0 aliphatic heterocycles. The van der Waals surface area contributed by atoms with Crippen molar-refractivity contribution in [2.45, 2.75) is 0 Å². The molecule has 0 aliphatic carbocycles. The van der Waals surface area contributed by atoms with Crippen LogP contribution in [0, 0.1) is 6.07 Å². The summed E-state index contributed by atoms with van der Waals surface area (Å²) in [5.41, 5.74) is 1.32. The van der Waals surface area contributed by atoms with Crippen molar-refractivity contribution in [2.24, 2.45) is 0 Å². The second-order valence-corrected chi connectivity index (χ2v) is 3.75. The molecule has 0 N–H and O–H groups in total. The van der Waals surface area contributed by atoms with Crippen molar-refractivity contribution in [1.82, 2.24) is 0 Å². The van der Waals surface area contributed by atoms with Gasteiger partial charge in [0.2, 0.25) is 5.43 Å². The monoisotopic (exact) mass is 221 g/mol. The average molecular weight is 221 g/mol. The van der Waals surface area contributed by atoms with E-state index in [1.54, 1.807) is 12.1 Å². The minimum atomic E-state index is -0.134. The number of rotatable bonds is 1. The molecule has 1 aromatic heterocycles. The molecular formula is C15H9O2. The summed E-state index contributed by atoms with van der Waals surface area (Å²) in [6.07, 6.45) is 0. The summed E-state index contributed by atoms with van der Waals surface area (Å²) in [4.78, 5) is 11.9. The Morgan fingerprint density at radius 1 is 0.882 bits per heavy atom. The molecule has 0 atom stereocenters. The van der Waals surface area contributed by atoms with Gasteiger partial charge >= 0.3 is 0 Å². The van der Waals surface area contributed by atoms with Crippen LogP contribution in [0.5, 0.6) is 0 Å². The van der Waals surface area contributed by atoms with Crippen LogP contribution >= 0.6 is 0 Å². The van der Waals surface area contributed by atoms with Gasteiger partial charge in [-0.05, 0) is 12.1 Å². The van der Waals surface area contributed by atoms with Crippen LogP contribution in [0.3, 0.4) is 0 Å². The van der Waals surface area contributed by atoms with Crippen LogP contribution in [0.4, 0.5) is 0 Å². The van der Waals surface area contributed by atoms with Crippen LogP contribution in [0.2, 0.25) is 0 Å². The Morgan fingerprint density at radius 2 is 1.59 bits per heavy atom. The van der Waals surface area contributed by atoms with Crippen molar-refractivity contribution in [2.75, 3.05) is 0 Å². The van der Waals surface area contributed by atoms with Crippen LogP contribution in [0.1, 0.15) is 0 Å². The maximum Gasteiger partial charge on any atom is 0.201 e. The highest BCUT2D eigenvalue weighted by atomic mass is 16.3. The first-order chi connectivity index (χ1) is 8.34. The van der Waals surface area contributed by atoms with E-state index < -0.39 is 0 Å². The summed E-state index contributed by atoms with van der Waals surface area (Å²) in [6, 6.07) is 19.4. The lowest BCUT2D eigenvalue weighted by Crippen LogP contribution is -2.00. The van der Waals surface area contributed by atoms with Gasteiger partial charge in [0.15, 0.2) is 0 Å². The Labute approximate surface area is 98.1 Å². The Bertz CT molecular complexity index is 712. The summed E-state index contributed by atoms with van der Waals surface area (Å²) in [5.74, 6) is 0.481. The maximum absolute atomic E-state index is 11.9. The molecule has 0 aliphatic rings. The SMILES string of the molecule is O=c1[c]c(-c2ccccc2)oc2ccccc12. The Kier molecular flexibility index (Phi) is 2.26. The quantitative estimate of drug-likeness (QED) is 0.631. The topological polar surface area (TPSA) is 30.2 Å². The molecule has 0 saturated carbocycles. The zero-order chi connectivity index (χ0) is 11.7. The van der Waals surface area contributed by atoms with Gasteiger partial charge in [-0.25, -0.2) is 0 Å². The van der Waals surface area contributed by atoms with Gasteiger partial charge in [-0.15, -0.1) is 0 Å². The van der Waals surface area contributed by atoms with Crippen LogP contribution < -0.4 is 5.43 Å². The third-order valence-corrected chi connectivity index (χ3v) is 2.61. The molecule has 2 aromatic carbocycles. The van der Waals surface area contributed by atoms with Gasteiger partial charge in [0.25, 0.3) is 0 Å². The van der Waals surface area contributed by atoms with E-state index in [1.165, 1.54) is 0 Å². The molecule has 17 heavy (non-hydrogen) atoms. The van der Waals surface area contributed by atoms with E-state index in [4.69, 9.17) is 4.42 Å². The van der Waals surface area contributed by atoms with E-state index >= 15 is 0 Å². The molecule has 2 heteroatoms. The highest BCUT2D eigenvalue weighted by Gasteiger charge is 2.05. The highest BCUT2D eigenvalue weighted by molar-refractivity contribution is 5.78. The first kappa shape index (κ1) is 9.85. The van der Waals surface area contributed by atoms with Crippen molar-refractivity contribution in [3.8, 4) is 11.3 Å². The summed E-state index contributed by atoms with van der Waals surface area (Å²) in [5, 5.41) is 0.562. The molecule has 3 rings (SSSR count). The van der Waals surface area contributed by atoms with Crippen LogP contribution in [0.15, 0.2) is 63.8 Å². The lowest BCUT2D eigenvalue weighted by Gasteiger charge is -2.01. The Hall–Kier alpha value is -2.35. The molecule has 0 fully saturated rings. The fourth-order valence-electron chi connectivity index (χ4n) is 1.77. The van der Waals surface area contributed by atoms with E-state index in [-0.39, 0.29) is 5.43 Å². The molecule has 1 radical (unpaired) electrons. The third-order valence-electron chi connectivity index (χ3n) is 2.61. The molecule has 0 amide bonds. The van der Waals surface area contributed by atoms with Gasteiger partial charge in [0.05, 0.1) is 11.5 Å². The predicted molar refractivity (Wildman–Crippen MR) is 66.8 cm³/mol. The van der Waals surface area contributed by atoms with Gasteiger partial charge in [0.1, 0.15) is 11.3 Å². The second kappa shape index (κ2) is 3.91.